The van der Waals surface area contributed by atoms with Crippen LogP contribution in [0.5, 0.6) is 0 Å². The largest absolute Gasteiger partial charge is 0.356 e. The highest BCUT2D eigenvalue weighted by atomic mass is 16.2. The third kappa shape index (κ3) is 4.70. The molecule has 0 spiro atoms. The van der Waals surface area contributed by atoms with Crippen molar-refractivity contribution >= 4 is 11.8 Å². The van der Waals surface area contributed by atoms with Crippen molar-refractivity contribution in [1.29, 1.82) is 0 Å². The monoisotopic (exact) mass is 295 g/mol. The second kappa shape index (κ2) is 7.25. The quantitative estimate of drug-likeness (QED) is 0.821. The first-order chi connectivity index (χ1) is 9.95. The van der Waals surface area contributed by atoms with Gasteiger partial charge in [0.05, 0.1) is 0 Å². The molecule has 5 nitrogen and oxygen atoms in total. The van der Waals surface area contributed by atoms with E-state index in [2.05, 4.69) is 10.2 Å². The lowest BCUT2D eigenvalue weighted by molar-refractivity contribution is -0.135. The van der Waals surface area contributed by atoms with Gasteiger partial charge in [-0.25, -0.2) is 0 Å². The van der Waals surface area contributed by atoms with Crippen LogP contribution in [-0.4, -0.2) is 60.9 Å². The zero-order valence-corrected chi connectivity index (χ0v) is 13.6. The minimum absolute atomic E-state index is 0.0768. The van der Waals surface area contributed by atoms with E-state index in [1.54, 1.807) is 6.92 Å². The van der Waals surface area contributed by atoms with Crippen LogP contribution in [0.15, 0.2) is 0 Å². The van der Waals surface area contributed by atoms with Crippen molar-refractivity contribution < 1.29 is 9.59 Å². The molecule has 0 aromatic carbocycles. The van der Waals surface area contributed by atoms with E-state index >= 15 is 0 Å². The zero-order chi connectivity index (χ0) is 15.4. The van der Waals surface area contributed by atoms with E-state index in [0.29, 0.717) is 11.8 Å². The molecule has 0 saturated carbocycles. The molecule has 0 aromatic heterocycles. The maximum atomic E-state index is 11.6. The van der Waals surface area contributed by atoms with Gasteiger partial charge < -0.3 is 15.1 Å². The van der Waals surface area contributed by atoms with Crippen molar-refractivity contribution in [1.82, 2.24) is 15.1 Å². The summed E-state index contributed by atoms with van der Waals surface area (Å²) in [7, 11) is 0. The zero-order valence-electron chi connectivity index (χ0n) is 13.6. The summed E-state index contributed by atoms with van der Waals surface area (Å²) in [6, 6.07) is 0. The normalized spacial score (nSPS) is 21.4. The Morgan fingerprint density at radius 1 is 1.14 bits per heavy atom. The summed E-state index contributed by atoms with van der Waals surface area (Å²) in [5.74, 6) is 1.72. The highest BCUT2D eigenvalue weighted by Crippen LogP contribution is 2.21. The predicted octanol–water partition coefficient (Wildman–Crippen LogP) is 0.949. The standard InChI is InChI=1S/C16H29N3O2/c1-12(2)16(21)17-8-14-4-6-18(7-5-14)9-15-10-19(11-15)13(3)20/h12,14-15H,4-11H2,1-3H3,(H,17,21). The number of carbonyl (C=O) groups is 2. The summed E-state index contributed by atoms with van der Waals surface area (Å²) < 4.78 is 0. The minimum Gasteiger partial charge on any atom is -0.356 e. The van der Waals surface area contributed by atoms with Crippen molar-refractivity contribution in [3.05, 3.63) is 0 Å². The van der Waals surface area contributed by atoms with Gasteiger partial charge in [-0.1, -0.05) is 13.8 Å². The molecule has 120 valence electrons. The predicted molar refractivity (Wildman–Crippen MR) is 82.8 cm³/mol. The van der Waals surface area contributed by atoms with E-state index in [1.165, 1.54) is 12.8 Å². The molecule has 21 heavy (non-hydrogen) atoms. The van der Waals surface area contributed by atoms with Gasteiger partial charge in [0.15, 0.2) is 0 Å². The van der Waals surface area contributed by atoms with E-state index in [4.69, 9.17) is 0 Å². The second-order valence-corrected chi connectivity index (χ2v) is 6.93. The minimum atomic E-state index is 0.0768. The van der Waals surface area contributed by atoms with Crippen LogP contribution in [0.3, 0.4) is 0 Å². The maximum Gasteiger partial charge on any atom is 0.222 e. The number of nitrogens with zero attached hydrogens (tertiary/aromatic N) is 2. The first kappa shape index (κ1) is 16.3. The summed E-state index contributed by atoms with van der Waals surface area (Å²) in [4.78, 5) is 27.2. The van der Waals surface area contributed by atoms with Gasteiger partial charge >= 0.3 is 0 Å². The summed E-state index contributed by atoms with van der Waals surface area (Å²) in [5, 5.41) is 3.05. The first-order valence-electron chi connectivity index (χ1n) is 8.21. The van der Waals surface area contributed by atoms with Gasteiger partial charge in [-0.15, -0.1) is 0 Å². The van der Waals surface area contributed by atoms with Crippen LogP contribution in [0.25, 0.3) is 0 Å². The van der Waals surface area contributed by atoms with Crippen LogP contribution in [0, 0.1) is 17.8 Å². The number of hydrogen-bond donors (Lipinski definition) is 1. The van der Waals surface area contributed by atoms with Crippen molar-refractivity contribution in [3.63, 3.8) is 0 Å². The number of nitrogens with one attached hydrogen (secondary N) is 1. The molecule has 2 heterocycles. The van der Waals surface area contributed by atoms with Crippen LogP contribution in [-0.2, 0) is 9.59 Å². The van der Waals surface area contributed by atoms with Gasteiger partial charge in [0.2, 0.25) is 11.8 Å². The fraction of sp³-hybridized carbons (Fsp3) is 0.875. The van der Waals surface area contributed by atoms with Gasteiger partial charge in [0, 0.05) is 44.9 Å². The SMILES string of the molecule is CC(=O)N1CC(CN2CCC(CNC(=O)C(C)C)CC2)C1. The molecule has 0 radical (unpaired) electrons. The van der Waals surface area contributed by atoms with E-state index in [-0.39, 0.29) is 17.7 Å². The lowest BCUT2D eigenvalue weighted by atomic mass is 9.94. The molecule has 5 heteroatoms. The van der Waals surface area contributed by atoms with Crippen LogP contribution in [0.4, 0.5) is 0 Å². The molecule has 0 aliphatic carbocycles. The number of carbonyl (C=O) groups excluding carboxylic acids is 2. The van der Waals surface area contributed by atoms with Crippen molar-refractivity contribution in [2.24, 2.45) is 17.8 Å². The highest BCUT2D eigenvalue weighted by Gasteiger charge is 2.31. The molecule has 2 saturated heterocycles. The third-order valence-electron chi connectivity index (χ3n) is 4.72. The Bertz CT molecular complexity index is 370. The van der Waals surface area contributed by atoms with Gasteiger partial charge in [0.25, 0.3) is 0 Å². The summed E-state index contributed by atoms with van der Waals surface area (Å²) in [5.41, 5.74) is 0. The average Bonchev–Trinajstić information content (AvgIpc) is 2.40. The molecular formula is C16H29N3O2. The second-order valence-electron chi connectivity index (χ2n) is 6.93. The molecular weight excluding hydrogens is 266 g/mol. The molecule has 2 fully saturated rings. The lowest BCUT2D eigenvalue weighted by Crippen LogP contribution is -2.54. The summed E-state index contributed by atoms with van der Waals surface area (Å²) >= 11 is 0. The third-order valence-corrected chi connectivity index (χ3v) is 4.72. The molecule has 0 atom stereocenters. The number of piperidine rings is 1. The fourth-order valence-electron chi connectivity index (χ4n) is 3.13. The van der Waals surface area contributed by atoms with Crippen LogP contribution in [0.2, 0.25) is 0 Å². The van der Waals surface area contributed by atoms with Gasteiger partial charge in [-0.3, -0.25) is 9.59 Å². The van der Waals surface area contributed by atoms with Crippen molar-refractivity contribution in [2.75, 3.05) is 39.3 Å². The number of likely N-dealkylation sites (tertiary alicyclic amines) is 2. The first-order valence-corrected chi connectivity index (χ1v) is 8.21. The Kier molecular flexibility index (Phi) is 5.62. The molecule has 0 bridgehead atoms. The fourth-order valence-corrected chi connectivity index (χ4v) is 3.13. The summed E-state index contributed by atoms with van der Waals surface area (Å²) in [6.45, 7) is 11.6. The van der Waals surface area contributed by atoms with Crippen LogP contribution < -0.4 is 5.32 Å². The smallest absolute Gasteiger partial charge is 0.222 e. The Morgan fingerprint density at radius 3 is 2.29 bits per heavy atom. The number of amides is 2. The van der Waals surface area contributed by atoms with Gasteiger partial charge in [-0.2, -0.15) is 0 Å². The van der Waals surface area contributed by atoms with E-state index in [0.717, 1.165) is 39.3 Å². The lowest BCUT2D eigenvalue weighted by Gasteiger charge is -2.42. The average molecular weight is 295 g/mol. The molecule has 0 aromatic rings. The number of hydrogen-bond acceptors (Lipinski definition) is 3. The van der Waals surface area contributed by atoms with Gasteiger partial charge in [-0.05, 0) is 31.8 Å². The van der Waals surface area contributed by atoms with E-state index in [1.807, 2.05) is 18.7 Å². The Hall–Kier alpha value is -1.10. The Morgan fingerprint density at radius 2 is 1.76 bits per heavy atom. The van der Waals surface area contributed by atoms with Crippen LogP contribution in [0.1, 0.15) is 33.6 Å². The number of rotatable bonds is 5. The molecule has 2 aliphatic heterocycles. The highest BCUT2D eigenvalue weighted by molar-refractivity contribution is 5.77. The molecule has 1 N–H and O–H groups in total. The molecule has 2 rings (SSSR count). The van der Waals surface area contributed by atoms with E-state index < -0.39 is 0 Å². The van der Waals surface area contributed by atoms with Crippen LogP contribution >= 0.6 is 0 Å². The molecule has 0 unspecified atom stereocenters. The van der Waals surface area contributed by atoms with E-state index in [9.17, 15) is 9.59 Å². The summed E-state index contributed by atoms with van der Waals surface area (Å²) in [6.07, 6.45) is 2.34. The molecule has 2 aliphatic rings. The maximum absolute atomic E-state index is 11.6. The Balaban J connectivity index is 1.59. The molecule has 2 amide bonds. The van der Waals surface area contributed by atoms with Crippen molar-refractivity contribution in [2.45, 2.75) is 33.6 Å². The topological polar surface area (TPSA) is 52.7 Å². The Labute approximate surface area is 128 Å². The van der Waals surface area contributed by atoms with Crippen molar-refractivity contribution in [3.8, 4) is 0 Å². The van der Waals surface area contributed by atoms with Gasteiger partial charge in [0.1, 0.15) is 0 Å².